The molecule has 36 heavy (non-hydrogen) atoms. The van der Waals surface area contributed by atoms with Crippen molar-refractivity contribution in [2.45, 2.75) is 32.1 Å². The van der Waals surface area contributed by atoms with E-state index in [1.54, 1.807) is 25.4 Å². The maximum absolute atomic E-state index is 14.4. The topological polar surface area (TPSA) is 108 Å². The SMILES string of the molecule is C1CCCC1.Cn1cc2cc(NC(=O)c3ccc(N4CCNCC4)c4cnc(=O)[nH]c34)cc(F)c2n1. The molecule has 0 bridgehead atoms. The van der Waals surface area contributed by atoms with Gasteiger partial charge < -0.3 is 20.5 Å². The number of benzene rings is 2. The number of nitrogens with zero attached hydrogens (tertiary/aromatic N) is 4. The van der Waals surface area contributed by atoms with E-state index < -0.39 is 17.4 Å². The number of anilines is 2. The van der Waals surface area contributed by atoms with Crippen LogP contribution in [0.25, 0.3) is 21.8 Å². The molecule has 0 spiro atoms. The lowest BCUT2D eigenvalue weighted by atomic mass is 10.1. The lowest BCUT2D eigenvalue weighted by Crippen LogP contribution is -2.43. The van der Waals surface area contributed by atoms with Crippen LogP contribution in [0.2, 0.25) is 0 Å². The Kier molecular flexibility index (Phi) is 6.95. The first-order valence-corrected chi connectivity index (χ1v) is 12.4. The first kappa shape index (κ1) is 23.9. The second kappa shape index (κ2) is 10.4. The first-order chi connectivity index (χ1) is 17.5. The monoisotopic (exact) mass is 491 g/mol. The van der Waals surface area contributed by atoms with Crippen molar-refractivity contribution in [3.8, 4) is 0 Å². The van der Waals surface area contributed by atoms with Gasteiger partial charge in [0.1, 0.15) is 5.52 Å². The first-order valence-electron chi connectivity index (χ1n) is 12.4. The number of piperazine rings is 1. The number of nitrogens with one attached hydrogen (secondary N) is 3. The van der Waals surface area contributed by atoms with Crippen LogP contribution in [-0.4, -0.2) is 51.8 Å². The number of carbonyl (C=O) groups excluding carboxylic acids is 1. The number of carbonyl (C=O) groups is 1. The molecule has 6 rings (SSSR count). The van der Waals surface area contributed by atoms with Gasteiger partial charge in [-0.1, -0.05) is 32.1 Å². The molecule has 1 aliphatic carbocycles. The Labute approximate surface area is 207 Å². The molecule has 0 radical (unpaired) electrons. The third-order valence-electron chi connectivity index (χ3n) is 6.65. The van der Waals surface area contributed by atoms with Crippen LogP contribution in [0.1, 0.15) is 42.5 Å². The number of aromatic nitrogens is 4. The molecular weight excluding hydrogens is 461 g/mol. The van der Waals surface area contributed by atoms with Crippen molar-refractivity contribution in [1.29, 1.82) is 0 Å². The van der Waals surface area contributed by atoms with Crippen molar-refractivity contribution < 1.29 is 9.18 Å². The van der Waals surface area contributed by atoms with Crippen LogP contribution < -0.4 is 21.2 Å². The maximum atomic E-state index is 14.4. The second-order valence-corrected chi connectivity index (χ2v) is 9.27. The zero-order chi connectivity index (χ0) is 25.1. The van der Waals surface area contributed by atoms with Crippen LogP contribution >= 0.6 is 0 Å². The molecule has 10 heteroatoms. The number of aromatic amines is 1. The Morgan fingerprint density at radius 3 is 2.53 bits per heavy atom. The zero-order valence-corrected chi connectivity index (χ0v) is 20.3. The Hall–Kier alpha value is -3.79. The zero-order valence-electron chi connectivity index (χ0n) is 20.3. The highest BCUT2D eigenvalue weighted by atomic mass is 19.1. The third-order valence-corrected chi connectivity index (χ3v) is 6.65. The van der Waals surface area contributed by atoms with Crippen molar-refractivity contribution in [1.82, 2.24) is 25.1 Å². The summed E-state index contributed by atoms with van der Waals surface area (Å²) in [4.78, 5) is 33.7. The van der Waals surface area contributed by atoms with E-state index in [2.05, 4.69) is 30.6 Å². The number of fused-ring (bicyclic) bond motifs is 2. The van der Waals surface area contributed by atoms with Crippen molar-refractivity contribution in [3.63, 3.8) is 0 Å². The molecular formula is C26H30FN7O2. The van der Waals surface area contributed by atoms with Crippen molar-refractivity contribution >= 4 is 39.1 Å². The lowest BCUT2D eigenvalue weighted by Gasteiger charge is -2.30. The second-order valence-electron chi connectivity index (χ2n) is 9.27. The minimum atomic E-state index is -0.540. The molecule has 2 fully saturated rings. The molecule has 4 aromatic rings. The Morgan fingerprint density at radius 1 is 1.08 bits per heavy atom. The van der Waals surface area contributed by atoms with Crippen molar-refractivity contribution in [3.05, 3.63) is 58.5 Å². The molecule has 1 saturated carbocycles. The number of H-pyrrole nitrogens is 1. The van der Waals surface area contributed by atoms with Gasteiger partial charge in [-0.15, -0.1) is 0 Å². The highest BCUT2D eigenvalue weighted by Crippen LogP contribution is 2.29. The van der Waals surface area contributed by atoms with E-state index >= 15 is 0 Å². The Morgan fingerprint density at radius 2 is 1.81 bits per heavy atom. The van der Waals surface area contributed by atoms with Gasteiger partial charge in [-0.3, -0.25) is 9.48 Å². The van der Waals surface area contributed by atoms with E-state index in [-0.39, 0.29) is 11.1 Å². The largest absolute Gasteiger partial charge is 0.368 e. The van der Waals surface area contributed by atoms with E-state index in [1.807, 2.05) is 6.07 Å². The van der Waals surface area contributed by atoms with E-state index in [1.165, 1.54) is 49.0 Å². The van der Waals surface area contributed by atoms with Crippen molar-refractivity contribution in [2.24, 2.45) is 7.05 Å². The van der Waals surface area contributed by atoms with Gasteiger partial charge in [0.05, 0.1) is 11.1 Å². The molecule has 188 valence electrons. The summed E-state index contributed by atoms with van der Waals surface area (Å²) >= 11 is 0. The van der Waals surface area contributed by atoms with Gasteiger partial charge >= 0.3 is 5.69 Å². The summed E-state index contributed by atoms with van der Waals surface area (Å²) in [7, 11) is 1.70. The summed E-state index contributed by atoms with van der Waals surface area (Å²) in [6.07, 6.45) is 10.7. The molecule has 1 amide bonds. The standard InChI is InChI=1S/C21H20FN7O2.C5H10/c1-28-11-12-8-13(9-16(22)18(12)27-28)25-20(30)14-2-3-17(29-6-4-23-5-7-29)15-10-24-21(31)26-19(14)15;1-2-4-5-3-1/h2-3,8-11,23H,4-7H2,1H3,(H,25,30)(H,24,26,31);1-5H2. The summed E-state index contributed by atoms with van der Waals surface area (Å²) in [6, 6.07) is 6.41. The van der Waals surface area contributed by atoms with Crippen LogP contribution in [0, 0.1) is 5.82 Å². The van der Waals surface area contributed by atoms with Crippen LogP contribution in [0.15, 0.2) is 41.5 Å². The minimum Gasteiger partial charge on any atom is -0.368 e. The highest BCUT2D eigenvalue weighted by Gasteiger charge is 2.19. The van der Waals surface area contributed by atoms with E-state index in [0.29, 0.717) is 22.0 Å². The highest BCUT2D eigenvalue weighted by molar-refractivity contribution is 6.14. The minimum absolute atomic E-state index is 0.238. The fourth-order valence-corrected chi connectivity index (χ4v) is 4.87. The van der Waals surface area contributed by atoms with E-state index in [0.717, 1.165) is 31.9 Å². The molecule has 1 aliphatic heterocycles. The van der Waals surface area contributed by atoms with Gasteiger partial charge in [-0.25, -0.2) is 14.2 Å². The number of hydrogen-bond donors (Lipinski definition) is 3. The van der Waals surface area contributed by atoms with Gasteiger partial charge in [0, 0.05) is 67.8 Å². The molecule has 3 N–H and O–H groups in total. The Bertz CT molecular complexity index is 1440. The van der Waals surface area contributed by atoms with Gasteiger partial charge in [-0.05, 0) is 24.3 Å². The van der Waals surface area contributed by atoms with Crippen LogP contribution in [0.4, 0.5) is 15.8 Å². The summed E-state index contributed by atoms with van der Waals surface area (Å²) in [6.45, 7) is 3.32. The maximum Gasteiger partial charge on any atom is 0.345 e. The predicted octanol–water partition coefficient (Wildman–Crippen LogP) is 3.56. The molecule has 0 atom stereocenters. The number of halogens is 1. The van der Waals surface area contributed by atoms with E-state index in [4.69, 9.17) is 0 Å². The lowest BCUT2D eigenvalue weighted by molar-refractivity contribution is 0.102. The molecule has 3 heterocycles. The fraction of sp³-hybridized carbons (Fsp3) is 0.385. The number of amides is 1. The number of rotatable bonds is 3. The quantitative estimate of drug-likeness (QED) is 0.405. The average Bonchev–Trinajstić information content (AvgIpc) is 3.57. The van der Waals surface area contributed by atoms with Gasteiger partial charge in [0.15, 0.2) is 5.82 Å². The average molecular weight is 492 g/mol. The number of aryl methyl sites for hydroxylation is 1. The molecule has 1 saturated heterocycles. The normalized spacial score (nSPS) is 15.7. The van der Waals surface area contributed by atoms with Gasteiger partial charge in [0.25, 0.3) is 5.91 Å². The third kappa shape index (κ3) is 5.08. The summed E-state index contributed by atoms with van der Waals surface area (Å²) in [5.74, 6) is -0.980. The smallest absolute Gasteiger partial charge is 0.345 e. The molecule has 2 aromatic heterocycles. The van der Waals surface area contributed by atoms with Crippen LogP contribution in [0.3, 0.4) is 0 Å². The number of hydrogen-bond acceptors (Lipinski definition) is 6. The van der Waals surface area contributed by atoms with Gasteiger partial charge in [-0.2, -0.15) is 5.10 Å². The summed E-state index contributed by atoms with van der Waals surface area (Å²) in [5.41, 5.74) is 1.58. The van der Waals surface area contributed by atoms with Crippen LogP contribution in [0.5, 0.6) is 0 Å². The summed E-state index contributed by atoms with van der Waals surface area (Å²) in [5, 5.41) is 11.4. The molecule has 2 aromatic carbocycles. The molecule has 9 nitrogen and oxygen atoms in total. The molecule has 2 aliphatic rings. The summed E-state index contributed by atoms with van der Waals surface area (Å²) < 4.78 is 15.9. The fourth-order valence-electron chi connectivity index (χ4n) is 4.87. The van der Waals surface area contributed by atoms with E-state index in [9.17, 15) is 14.0 Å². The van der Waals surface area contributed by atoms with Crippen LogP contribution in [-0.2, 0) is 7.05 Å². The predicted molar refractivity (Wildman–Crippen MR) is 139 cm³/mol. The Balaban J connectivity index is 0.000000477. The van der Waals surface area contributed by atoms with Gasteiger partial charge in [0.2, 0.25) is 0 Å². The molecule has 0 unspecified atom stereocenters. The van der Waals surface area contributed by atoms with Crippen molar-refractivity contribution in [2.75, 3.05) is 36.4 Å².